The molecule has 1 N–H and O–H groups in total. The average Bonchev–Trinajstić information content (AvgIpc) is 2.62. The van der Waals surface area contributed by atoms with E-state index in [0.29, 0.717) is 24.8 Å². The number of halogens is 4. The maximum atomic E-state index is 12.7. The summed E-state index contributed by atoms with van der Waals surface area (Å²) in [5.74, 6) is -1.10. The zero-order valence-electron chi connectivity index (χ0n) is 14.8. The number of rotatable bonds is 7. The number of nitrogens with zero attached hydrogens (tertiary/aromatic N) is 1. The largest absolute Gasteiger partial charge is 0.431 e. The lowest BCUT2D eigenvalue weighted by Crippen LogP contribution is -2.28. The number of hydrogen-bond donors (Lipinski definition) is 1. The lowest BCUT2D eigenvalue weighted by molar-refractivity contribution is -0.0693. The smallest absolute Gasteiger partial charge is 0.387 e. The fraction of sp³-hybridized carbons (Fsp3) is 0.526. The van der Waals surface area contributed by atoms with E-state index in [9.17, 15) is 27.9 Å². The minimum absolute atomic E-state index is 0.0188. The maximum absolute atomic E-state index is 12.7. The molecule has 1 aromatic rings. The fourth-order valence-corrected chi connectivity index (χ4v) is 3.37. The van der Waals surface area contributed by atoms with Crippen molar-refractivity contribution < 1.29 is 32.1 Å². The van der Waals surface area contributed by atoms with Crippen LogP contribution in [0.2, 0.25) is 0 Å². The molecule has 0 amide bonds. The first kappa shape index (κ1) is 21.0. The molecule has 1 saturated carbocycles. The molecule has 2 rings (SSSR count). The summed E-state index contributed by atoms with van der Waals surface area (Å²) < 4.78 is 58.9. The average molecular weight is 387 g/mol. The standard InChI is InChI=1S/C19H21F4NO3/c1-12(10-25)7-13-3-2-6-19(9-13,11-24)14-4-5-15(26-17(20)21)16(8-14)27-18(22)23/h4-5,7-8,12,17-18,25H,2-3,6,9-10H2,1H3. The van der Waals surface area contributed by atoms with E-state index in [0.717, 1.165) is 18.1 Å². The van der Waals surface area contributed by atoms with Gasteiger partial charge in [-0.05, 0) is 49.3 Å². The second kappa shape index (κ2) is 9.09. The van der Waals surface area contributed by atoms with Crippen LogP contribution in [0.5, 0.6) is 11.5 Å². The van der Waals surface area contributed by atoms with Crippen LogP contribution in [0.1, 0.15) is 38.2 Å². The lowest BCUT2D eigenvalue weighted by Gasteiger charge is -2.33. The Morgan fingerprint density at radius 2 is 1.89 bits per heavy atom. The molecule has 8 heteroatoms. The van der Waals surface area contributed by atoms with Crippen LogP contribution in [0.4, 0.5) is 17.6 Å². The molecule has 1 fully saturated rings. The van der Waals surface area contributed by atoms with Crippen molar-refractivity contribution in [2.24, 2.45) is 5.92 Å². The van der Waals surface area contributed by atoms with Crippen molar-refractivity contribution in [2.75, 3.05) is 6.61 Å². The van der Waals surface area contributed by atoms with Gasteiger partial charge in [-0.1, -0.05) is 24.6 Å². The molecule has 27 heavy (non-hydrogen) atoms. The van der Waals surface area contributed by atoms with Gasteiger partial charge in [-0.2, -0.15) is 22.8 Å². The predicted molar refractivity (Wildman–Crippen MR) is 89.8 cm³/mol. The number of alkyl halides is 4. The molecule has 148 valence electrons. The van der Waals surface area contributed by atoms with E-state index < -0.39 is 30.1 Å². The first-order chi connectivity index (χ1) is 12.8. The van der Waals surface area contributed by atoms with E-state index in [2.05, 4.69) is 15.5 Å². The summed E-state index contributed by atoms with van der Waals surface area (Å²) in [5, 5.41) is 19.0. The fourth-order valence-electron chi connectivity index (χ4n) is 3.37. The molecule has 1 aromatic carbocycles. The second-order valence-electron chi connectivity index (χ2n) is 6.63. The normalized spacial score (nSPS) is 22.7. The Hall–Kier alpha value is -2.27. The minimum atomic E-state index is -3.22. The molecule has 0 aliphatic heterocycles. The zero-order valence-corrected chi connectivity index (χ0v) is 14.8. The molecule has 0 spiro atoms. The van der Waals surface area contributed by atoms with Crippen molar-refractivity contribution in [3.63, 3.8) is 0 Å². The Labute approximate surface area is 155 Å². The van der Waals surface area contributed by atoms with Gasteiger partial charge in [-0.15, -0.1) is 0 Å². The number of allylic oxidation sites excluding steroid dienone is 1. The molecule has 2 unspecified atom stereocenters. The summed E-state index contributed by atoms with van der Waals surface area (Å²) in [5.41, 5.74) is 0.418. The number of aliphatic hydroxyl groups is 1. The predicted octanol–water partition coefficient (Wildman–Crippen LogP) is 4.78. The van der Waals surface area contributed by atoms with Gasteiger partial charge in [-0.3, -0.25) is 0 Å². The minimum Gasteiger partial charge on any atom is -0.431 e. The van der Waals surface area contributed by atoms with Gasteiger partial charge in [-0.25, -0.2) is 0 Å². The van der Waals surface area contributed by atoms with E-state index in [1.165, 1.54) is 12.1 Å². The molecule has 0 heterocycles. The molecule has 0 radical (unpaired) electrons. The maximum Gasteiger partial charge on any atom is 0.387 e. The van der Waals surface area contributed by atoms with Crippen molar-refractivity contribution in [3.8, 4) is 17.6 Å². The van der Waals surface area contributed by atoms with Gasteiger partial charge in [0.05, 0.1) is 11.5 Å². The highest BCUT2D eigenvalue weighted by molar-refractivity contribution is 5.48. The topological polar surface area (TPSA) is 62.5 Å². The van der Waals surface area contributed by atoms with Crippen molar-refractivity contribution in [2.45, 2.75) is 51.2 Å². The third-order valence-corrected chi connectivity index (χ3v) is 4.58. The van der Waals surface area contributed by atoms with Gasteiger partial charge in [0.15, 0.2) is 11.5 Å². The Kier molecular flexibility index (Phi) is 7.08. The summed E-state index contributed by atoms with van der Waals surface area (Å²) in [6.07, 6.45) is 4.27. The highest BCUT2D eigenvalue weighted by Crippen LogP contribution is 2.44. The third kappa shape index (κ3) is 5.36. The molecule has 4 nitrogen and oxygen atoms in total. The monoisotopic (exact) mass is 387 g/mol. The van der Waals surface area contributed by atoms with E-state index in [1.807, 2.05) is 13.0 Å². The first-order valence-corrected chi connectivity index (χ1v) is 8.55. The van der Waals surface area contributed by atoms with Crippen LogP contribution in [0.25, 0.3) is 0 Å². The van der Waals surface area contributed by atoms with Gasteiger partial charge in [0.25, 0.3) is 0 Å². The molecule has 2 atom stereocenters. The van der Waals surface area contributed by atoms with Crippen LogP contribution < -0.4 is 9.47 Å². The highest BCUT2D eigenvalue weighted by Gasteiger charge is 2.37. The van der Waals surface area contributed by atoms with Crippen LogP contribution in [-0.2, 0) is 5.41 Å². The molecule has 1 aliphatic rings. The summed E-state index contributed by atoms with van der Waals surface area (Å²) in [6, 6.07) is 5.98. The Morgan fingerprint density at radius 1 is 1.22 bits per heavy atom. The third-order valence-electron chi connectivity index (χ3n) is 4.58. The zero-order chi connectivity index (χ0) is 20.0. The summed E-state index contributed by atoms with van der Waals surface area (Å²) in [6.45, 7) is -4.58. The number of ether oxygens (including phenoxy) is 2. The van der Waals surface area contributed by atoms with E-state index in [4.69, 9.17) is 0 Å². The first-order valence-electron chi connectivity index (χ1n) is 8.55. The summed E-state index contributed by atoms with van der Waals surface area (Å²) >= 11 is 0. The second-order valence-corrected chi connectivity index (χ2v) is 6.63. The number of benzene rings is 1. The number of nitriles is 1. The molecular weight excluding hydrogens is 366 g/mol. The van der Waals surface area contributed by atoms with Crippen molar-refractivity contribution in [1.29, 1.82) is 5.26 Å². The molecular formula is C19H21F4NO3. The van der Waals surface area contributed by atoms with Crippen molar-refractivity contribution in [3.05, 3.63) is 35.4 Å². The van der Waals surface area contributed by atoms with Gasteiger partial charge >= 0.3 is 13.2 Å². The molecule has 0 saturated heterocycles. The van der Waals surface area contributed by atoms with Gasteiger partial charge in [0.2, 0.25) is 0 Å². The molecule has 1 aliphatic carbocycles. The van der Waals surface area contributed by atoms with E-state index in [-0.39, 0.29) is 12.5 Å². The lowest BCUT2D eigenvalue weighted by atomic mass is 9.68. The molecule has 0 aromatic heterocycles. The SMILES string of the molecule is CC(C=C1CCCC(C#N)(c2ccc(OC(F)F)c(OC(F)F)c2)C1)CO. The van der Waals surface area contributed by atoms with Crippen LogP contribution in [0.15, 0.2) is 29.8 Å². The molecule has 0 bridgehead atoms. The Balaban J connectivity index is 2.41. The van der Waals surface area contributed by atoms with Gasteiger partial charge in [0.1, 0.15) is 0 Å². The van der Waals surface area contributed by atoms with E-state index in [1.54, 1.807) is 0 Å². The van der Waals surface area contributed by atoms with Crippen LogP contribution in [-0.4, -0.2) is 24.9 Å². The highest BCUT2D eigenvalue weighted by atomic mass is 19.3. The van der Waals surface area contributed by atoms with Gasteiger partial charge in [0, 0.05) is 6.61 Å². The van der Waals surface area contributed by atoms with Crippen LogP contribution in [0, 0.1) is 17.2 Å². The Bertz CT molecular complexity index is 717. The quantitative estimate of drug-likeness (QED) is 0.540. The van der Waals surface area contributed by atoms with Gasteiger partial charge < -0.3 is 14.6 Å². The summed E-state index contributed by atoms with van der Waals surface area (Å²) in [7, 11) is 0. The van der Waals surface area contributed by atoms with Crippen LogP contribution >= 0.6 is 0 Å². The van der Waals surface area contributed by atoms with E-state index >= 15 is 0 Å². The van der Waals surface area contributed by atoms with Crippen molar-refractivity contribution >= 4 is 0 Å². The Morgan fingerprint density at radius 3 is 2.48 bits per heavy atom. The number of aliphatic hydroxyl groups excluding tert-OH is 1. The van der Waals surface area contributed by atoms with Crippen molar-refractivity contribution in [1.82, 2.24) is 0 Å². The number of hydrogen-bond acceptors (Lipinski definition) is 4. The van der Waals surface area contributed by atoms with Crippen LogP contribution in [0.3, 0.4) is 0 Å². The summed E-state index contributed by atoms with van der Waals surface area (Å²) in [4.78, 5) is 0.